The number of aromatic nitrogens is 4. The molecule has 1 aliphatic heterocycles. The van der Waals surface area contributed by atoms with Crippen LogP contribution in [0.1, 0.15) is 47.6 Å². The molecule has 146 valence electrons. The highest BCUT2D eigenvalue weighted by atomic mass is 16.5. The van der Waals surface area contributed by atoms with Gasteiger partial charge in [0.25, 0.3) is 5.89 Å². The van der Waals surface area contributed by atoms with E-state index in [1.165, 1.54) is 0 Å². The van der Waals surface area contributed by atoms with Crippen molar-refractivity contribution in [1.82, 2.24) is 25.2 Å². The van der Waals surface area contributed by atoms with Gasteiger partial charge in [0.15, 0.2) is 5.82 Å². The number of ether oxygens (including phenoxy) is 1. The van der Waals surface area contributed by atoms with Gasteiger partial charge in [-0.05, 0) is 38.8 Å². The van der Waals surface area contributed by atoms with E-state index in [4.69, 9.17) is 9.26 Å². The van der Waals surface area contributed by atoms with Crippen molar-refractivity contribution in [1.29, 1.82) is 0 Å². The molecule has 1 aromatic carbocycles. The molecular formula is C20H23N5O3. The quantitative estimate of drug-likeness (QED) is 0.705. The zero-order valence-corrected chi connectivity index (χ0v) is 16.0. The molecule has 3 heterocycles. The first-order chi connectivity index (χ1) is 13.6. The van der Waals surface area contributed by atoms with E-state index >= 15 is 0 Å². The van der Waals surface area contributed by atoms with Crippen molar-refractivity contribution < 1.29 is 14.1 Å². The third-order valence-corrected chi connectivity index (χ3v) is 4.91. The van der Waals surface area contributed by atoms with Gasteiger partial charge in [-0.15, -0.1) is 0 Å². The summed E-state index contributed by atoms with van der Waals surface area (Å²) in [4.78, 5) is 16.8. The summed E-state index contributed by atoms with van der Waals surface area (Å²) in [7, 11) is 0. The number of para-hydroxylation sites is 1. The molecule has 0 aliphatic carbocycles. The van der Waals surface area contributed by atoms with E-state index in [0.717, 1.165) is 35.5 Å². The van der Waals surface area contributed by atoms with Gasteiger partial charge in [-0.1, -0.05) is 23.4 Å². The molecule has 4 rings (SSSR count). The Labute approximate surface area is 162 Å². The fraction of sp³-hybridized carbons (Fsp3) is 0.400. The third-order valence-electron chi connectivity index (χ3n) is 4.91. The van der Waals surface area contributed by atoms with Gasteiger partial charge >= 0.3 is 0 Å². The summed E-state index contributed by atoms with van der Waals surface area (Å²) in [6.07, 6.45) is 2.01. The first-order valence-corrected chi connectivity index (χ1v) is 9.43. The van der Waals surface area contributed by atoms with E-state index in [1.54, 1.807) is 0 Å². The molecule has 1 N–H and O–H groups in total. The molecule has 0 saturated carbocycles. The second kappa shape index (κ2) is 7.93. The molecule has 1 amide bonds. The lowest BCUT2D eigenvalue weighted by atomic mass is 10.1. The Balaban J connectivity index is 1.38. The molecule has 1 fully saturated rings. The Morgan fingerprint density at radius 2 is 2.11 bits per heavy atom. The van der Waals surface area contributed by atoms with E-state index in [-0.39, 0.29) is 25.0 Å². The minimum absolute atomic E-state index is 0.109. The number of carbonyl (C=O) groups excluding carboxylic acids is 1. The number of rotatable bonds is 6. The van der Waals surface area contributed by atoms with Gasteiger partial charge in [-0.3, -0.25) is 4.79 Å². The van der Waals surface area contributed by atoms with Crippen LogP contribution in [0.5, 0.6) is 0 Å². The van der Waals surface area contributed by atoms with Crippen LogP contribution >= 0.6 is 0 Å². The predicted octanol–water partition coefficient (Wildman–Crippen LogP) is 2.58. The van der Waals surface area contributed by atoms with Crippen LogP contribution in [0.2, 0.25) is 0 Å². The van der Waals surface area contributed by atoms with E-state index in [2.05, 4.69) is 20.6 Å². The van der Waals surface area contributed by atoms with Crippen LogP contribution in [0.3, 0.4) is 0 Å². The molecule has 28 heavy (non-hydrogen) atoms. The smallest absolute Gasteiger partial charge is 0.255 e. The van der Waals surface area contributed by atoms with Crippen LogP contribution in [0.15, 0.2) is 34.9 Å². The zero-order valence-electron chi connectivity index (χ0n) is 16.0. The average Bonchev–Trinajstić information content (AvgIpc) is 3.44. The van der Waals surface area contributed by atoms with Crippen LogP contribution in [0.4, 0.5) is 0 Å². The van der Waals surface area contributed by atoms with Crippen molar-refractivity contribution in [2.45, 2.75) is 45.8 Å². The molecule has 8 nitrogen and oxygen atoms in total. The number of benzene rings is 1. The van der Waals surface area contributed by atoms with Crippen molar-refractivity contribution >= 4 is 5.91 Å². The highest BCUT2D eigenvalue weighted by molar-refractivity contribution is 5.79. The van der Waals surface area contributed by atoms with Gasteiger partial charge in [0.1, 0.15) is 6.10 Å². The fourth-order valence-corrected chi connectivity index (χ4v) is 3.39. The number of nitrogens with one attached hydrogen (secondary N) is 1. The summed E-state index contributed by atoms with van der Waals surface area (Å²) in [5, 5.41) is 11.4. The Hall–Kier alpha value is -3.00. The lowest BCUT2D eigenvalue weighted by molar-refractivity contribution is -0.120. The third kappa shape index (κ3) is 3.82. The van der Waals surface area contributed by atoms with Crippen molar-refractivity contribution in [3.63, 3.8) is 0 Å². The fourth-order valence-electron chi connectivity index (χ4n) is 3.39. The topological polar surface area (TPSA) is 95.1 Å². The van der Waals surface area contributed by atoms with Gasteiger partial charge in [-0.2, -0.15) is 10.1 Å². The van der Waals surface area contributed by atoms with Crippen molar-refractivity contribution in [3.8, 4) is 5.69 Å². The Morgan fingerprint density at radius 3 is 2.86 bits per heavy atom. The summed E-state index contributed by atoms with van der Waals surface area (Å²) in [5.41, 5.74) is 3.70. The molecule has 3 aromatic rings. The molecule has 0 unspecified atom stereocenters. The van der Waals surface area contributed by atoms with Crippen LogP contribution in [0, 0.1) is 13.8 Å². The Morgan fingerprint density at radius 1 is 1.29 bits per heavy atom. The molecule has 8 heteroatoms. The van der Waals surface area contributed by atoms with Crippen molar-refractivity contribution in [2.75, 3.05) is 6.61 Å². The Bertz CT molecular complexity index is 958. The zero-order chi connectivity index (χ0) is 19.5. The van der Waals surface area contributed by atoms with Crippen LogP contribution in [0.25, 0.3) is 5.69 Å². The SMILES string of the molecule is Cc1nn(-c2ccccc2)c(C)c1CC(=O)NCc1noc([C@H]2CCCO2)n1. The van der Waals surface area contributed by atoms with Crippen molar-refractivity contribution in [2.24, 2.45) is 0 Å². The number of hydrogen-bond donors (Lipinski definition) is 1. The number of hydrogen-bond acceptors (Lipinski definition) is 6. The molecule has 0 bridgehead atoms. The number of aryl methyl sites for hydroxylation is 1. The predicted molar refractivity (Wildman–Crippen MR) is 101 cm³/mol. The van der Waals surface area contributed by atoms with Gasteiger partial charge < -0.3 is 14.6 Å². The standard InChI is InChI=1S/C20H23N5O3/c1-13-16(14(2)25(23-13)15-7-4-3-5-8-15)11-19(26)21-12-18-22-20(28-24-18)17-9-6-10-27-17/h3-5,7-8,17H,6,9-12H2,1-2H3,(H,21,26)/t17-/m1/s1. The van der Waals surface area contributed by atoms with Gasteiger partial charge in [0.2, 0.25) is 5.91 Å². The minimum atomic E-state index is -0.119. The first kappa shape index (κ1) is 18.4. The molecular weight excluding hydrogens is 358 g/mol. The highest BCUT2D eigenvalue weighted by Gasteiger charge is 2.24. The molecule has 0 spiro atoms. The average molecular weight is 381 g/mol. The number of carbonyl (C=O) groups is 1. The summed E-state index contributed by atoms with van der Waals surface area (Å²) in [6.45, 7) is 4.83. The van der Waals surface area contributed by atoms with Crippen LogP contribution in [-0.4, -0.2) is 32.4 Å². The molecule has 2 aromatic heterocycles. The first-order valence-electron chi connectivity index (χ1n) is 9.43. The van der Waals surface area contributed by atoms with E-state index in [0.29, 0.717) is 18.3 Å². The van der Waals surface area contributed by atoms with Gasteiger partial charge in [0.05, 0.1) is 24.3 Å². The maximum atomic E-state index is 12.4. The van der Waals surface area contributed by atoms with E-state index in [9.17, 15) is 4.79 Å². The number of nitrogens with zero attached hydrogens (tertiary/aromatic N) is 4. The summed E-state index contributed by atoms with van der Waals surface area (Å²) in [6, 6.07) is 9.88. The number of amides is 1. The monoisotopic (exact) mass is 381 g/mol. The molecule has 1 atom stereocenters. The normalized spacial score (nSPS) is 16.4. The van der Waals surface area contributed by atoms with Gasteiger partial charge in [-0.25, -0.2) is 4.68 Å². The lowest BCUT2D eigenvalue weighted by Gasteiger charge is -2.06. The summed E-state index contributed by atoms with van der Waals surface area (Å²) < 4.78 is 12.6. The van der Waals surface area contributed by atoms with E-state index < -0.39 is 0 Å². The van der Waals surface area contributed by atoms with E-state index in [1.807, 2.05) is 48.9 Å². The van der Waals surface area contributed by atoms with Crippen LogP contribution < -0.4 is 5.32 Å². The van der Waals surface area contributed by atoms with Crippen molar-refractivity contribution in [3.05, 3.63) is 59.0 Å². The maximum absolute atomic E-state index is 12.4. The highest BCUT2D eigenvalue weighted by Crippen LogP contribution is 2.26. The Kier molecular flexibility index (Phi) is 5.21. The second-order valence-corrected chi connectivity index (χ2v) is 6.90. The summed E-state index contributed by atoms with van der Waals surface area (Å²) in [5.74, 6) is 0.826. The minimum Gasteiger partial charge on any atom is -0.368 e. The molecule has 1 aliphatic rings. The van der Waals surface area contributed by atoms with Crippen LogP contribution in [-0.2, 0) is 22.5 Å². The maximum Gasteiger partial charge on any atom is 0.255 e. The summed E-state index contributed by atoms with van der Waals surface area (Å²) >= 11 is 0. The van der Waals surface area contributed by atoms with Gasteiger partial charge in [0, 0.05) is 17.9 Å². The molecule has 1 saturated heterocycles. The largest absolute Gasteiger partial charge is 0.368 e. The second-order valence-electron chi connectivity index (χ2n) is 6.90. The lowest BCUT2D eigenvalue weighted by Crippen LogP contribution is -2.25. The molecule has 0 radical (unpaired) electrons.